The second-order valence-electron chi connectivity index (χ2n) is 15.2. The lowest BCUT2D eigenvalue weighted by atomic mass is 9.42. The van der Waals surface area contributed by atoms with Crippen molar-refractivity contribution in [3.8, 4) is 0 Å². The van der Waals surface area contributed by atoms with Gasteiger partial charge in [-0.2, -0.15) is 0 Å². The van der Waals surface area contributed by atoms with E-state index in [-0.39, 0.29) is 30.3 Å². The quantitative estimate of drug-likeness (QED) is 0.237. The van der Waals surface area contributed by atoms with Crippen molar-refractivity contribution in [3.05, 3.63) is 11.8 Å². The number of fused-ring (bicyclic) bond motifs is 10. The van der Waals surface area contributed by atoms with E-state index >= 15 is 0 Å². The van der Waals surface area contributed by atoms with E-state index in [4.69, 9.17) is 18.9 Å². The van der Waals surface area contributed by atoms with Crippen molar-refractivity contribution < 1.29 is 53.4 Å². The fourth-order valence-corrected chi connectivity index (χ4v) is 11.5. The fraction of sp³-hybridized carbons (Fsp3) is 0.812. The van der Waals surface area contributed by atoms with Gasteiger partial charge in [0.2, 0.25) is 0 Å². The van der Waals surface area contributed by atoms with Crippen LogP contribution in [0.1, 0.15) is 61.3 Å². The van der Waals surface area contributed by atoms with Crippen LogP contribution in [0.5, 0.6) is 0 Å². The van der Waals surface area contributed by atoms with E-state index < -0.39 is 99.7 Å². The van der Waals surface area contributed by atoms with Crippen molar-refractivity contribution in [2.75, 3.05) is 0 Å². The number of aliphatic hydroxyl groups excluding tert-OH is 2. The van der Waals surface area contributed by atoms with E-state index in [2.05, 4.69) is 0 Å². The van der Waals surface area contributed by atoms with Crippen molar-refractivity contribution >= 4 is 23.7 Å². The van der Waals surface area contributed by atoms with Crippen LogP contribution >= 0.6 is 0 Å². The summed E-state index contributed by atoms with van der Waals surface area (Å²) in [7, 11) is 0. The largest absolute Gasteiger partial charge is 0.462 e. The summed E-state index contributed by atoms with van der Waals surface area (Å²) >= 11 is 0. The smallest absolute Gasteiger partial charge is 0.343 e. The molecule has 7 aliphatic rings. The van der Waals surface area contributed by atoms with Crippen molar-refractivity contribution in [1.82, 2.24) is 0 Å². The Labute approximate surface area is 250 Å². The van der Waals surface area contributed by atoms with Crippen LogP contribution in [0.25, 0.3) is 0 Å². The summed E-state index contributed by atoms with van der Waals surface area (Å²) in [6, 6.07) is 0. The molecule has 43 heavy (non-hydrogen) atoms. The molecule has 236 valence electrons. The number of hydrogen-bond donors (Lipinski definition) is 3. The van der Waals surface area contributed by atoms with Crippen molar-refractivity contribution in [3.63, 3.8) is 0 Å². The molecule has 4 saturated carbocycles. The minimum Gasteiger partial charge on any atom is -0.462 e. The van der Waals surface area contributed by atoms with Gasteiger partial charge in [-0.3, -0.25) is 14.4 Å². The molecule has 11 heteroatoms. The Bertz CT molecular complexity index is 1350. The number of allylic oxidation sites excluding steroid dienone is 1. The molecule has 2 heterocycles. The van der Waals surface area contributed by atoms with Gasteiger partial charge in [0.25, 0.3) is 0 Å². The molecular formula is C32H42O11. The highest BCUT2D eigenvalue weighted by Crippen LogP contribution is 2.75. The summed E-state index contributed by atoms with van der Waals surface area (Å²) in [5.41, 5.74) is -5.19. The lowest BCUT2D eigenvalue weighted by molar-refractivity contribution is -0.233. The molecule has 0 aromatic rings. The molecule has 0 aromatic heterocycles. The van der Waals surface area contributed by atoms with Gasteiger partial charge < -0.3 is 34.3 Å². The predicted octanol–water partition coefficient (Wildman–Crippen LogP) is 1.30. The molecule has 5 aliphatic carbocycles. The van der Waals surface area contributed by atoms with E-state index in [0.717, 1.165) is 0 Å². The molecule has 0 aromatic carbocycles. The van der Waals surface area contributed by atoms with E-state index in [1.165, 1.54) is 20.8 Å². The van der Waals surface area contributed by atoms with Gasteiger partial charge in [0, 0.05) is 48.3 Å². The maximum Gasteiger partial charge on any atom is 0.343 e. The zero-order valence-electron chi connectivity index (χ0n) is 25.6. The van der Waals surface area contributed by atoms with Crippen LogP contribution < -0.4 is 0 Å². The van der Waals surface area contributed by atoms with Crippen LogP contribution in [-0.4, -0.2) is 81.2 Å². The maximum atomic E-state index is 14.1. The van der Waals surface area contributed by atoms with Gasteiger partial charge in [-0.1, -0.05) is 20.8 Å². The van der Waals surface area contributed by atoms with Gasteiger partial charge in [0.15, 0.2) is 11.4 Å². The van der Waals surface area contributed by atoms with Crippen LogP contribution in [-0.2, 0) is 38.1 Å². The SMILES string of the molecule is CC(=O)O[C@H]1CC2C(C3[C@@H](O)C4C([C@H](C)C=C5OC(=O)[C@@](C)(O)[C@@]54C)[C@]31C)[C@@H](O)C(=O)C1C[C@@H]3O[C@@H]3[C@H](OC(C)=O)[C@@]12C. The Morgan fingerprint density at radius 2 is 1.60 bits per heavy atom. The molecule has 17 atom stereocenters. The third-order valence-electron chi connectivity index (χ3n) is 13.5. The molecule has 7 rings (SSSR count). The fourth-order valence-electron chi connectivity index (χ4n) is 11.5. The predicted molar refractivity (Wildman–Crippen MR) is 145 cm³/mol. The second kappa shape index (κ2) is 8.68. The summed E-state index contributed by atoms with van der Waals surface area (Å²) in [6.45, 7) is 11.6. The van der Waals surface area contributed by atoms with E-state index in [9.17, 15) is 34.5 Å². The minimum atomic E-state index is -1.96. The van der Waals surface area contributed by atoms with Crippen LogP contribution in [0.4, 0.5) is 0 Å². The lowest BCUT2D eigenvalue weighted by Gasteiger charge is -2.63. The van der Waals surface area contributed by atoms with Gasteiger partial charge >= 0.3 is 17.9 Å². The van der Waals surface area contributed by atoms with Gasteiger partial charge in [0.1, 0.15) is 30.2 Å². The van der Waals surface area contributed by atoms with Crippen molar-refractivity contribution in [2.24, 2.45) is 57.7 Å². The highest BCUT2D eigenvalue weighted by Gasteiger charge is 2.80. The van der Waals surface area contributed by atoms with Gasteiger partial charge in [0.05, 0.1) is 17.6 Å². The van der Waals surface area contributed by atoms with E-state index in [1.54, 1.807) is 6.92 Å². The van der Waals surface area contributed by atoms with E-state index in [0.29, 0.717) is 12.2 Å². The zero-order valence-corrected chi connectivity index (χ0v) is 25.6. The Morgan fingerprint density at radius 3 is 2.23 bits per heavy atom. The standard InChI is InChI=1S/C32H42O11/c1-11-8-18-31(6,32(7,39)28(38)43-18)22-20(11)30(5)17(40-12(2)33)10-14-19(21(30)25(22)37)24(36)23(35)15-9-16-26(42-16)27(29(14,15)4)41-13(3)34/h8,11,14-17,19-22,24-27,36-37,39H,9-10H2,1-7H3/t11-,14?,15?,16+,17+,19?,20?,21?,22?,24-,25-,26+,27+,29-,30-,31+,32-/m1/s1. The summed E-state index contributed by atoms with van der Waals surface area (Å²) in [5.74, 6) is -5.98. The summed E-state index contributed by atoms with van der Waals surface area (Å²) in [4.78, 5) is 52.1. The molecule has 0 bridgehead atoms. The summed E-state index contributed by atoms with van der Waals surface area (Å²) < 4.78 is 23.5. The average Bonchev–Trinajstić information content (AvgIpc) is 3.60. The number of rotatable bonds is 2. The number of ether oxygens (including phenoxy) is 4. The Balaban J connectivity index is 1.42. The number of carbonyl (C=O) groups is 4. The molecule has 2 aliphatic heterocycles. The number of carbonyl (C=O) groups excluding carboxylic acids is 4. The van der Waals surface area contributed by atoms with Crippen LogP contribution in [0.2, 0.25) is 0 Å². The highest BCUT2D eigenvalue weighted by molar-refractivity contribution is 5.88. The molecule has 0 radical (unpaired) electrons. The molecule has 0 spiro atoms. The molecule has 2 saturated heterocycles. The highest BCUT2D eigenvalue weighted by atomic mass is 16.6. The Hall–Kier alpha value is -2.34. The summed E-state index contributed by atoms with van der Waals surface area (Å²) in [6.07, 6.45) is -2.28. The van der Waals surface area contributed by atoms with Crippen LogP contribution in [0.3, 0.4) is 0 Å². The first-order valence-electron chi connectivity index (χ1n) is 15.5. The van der Waals surface area contributed by atoms with Crippen LogP contribution in [0.15, 0.2) is 11.8 Å². The number of hydrogen-bond acceptors (Lipinski definition) is 11. The monoisotopic (exact) mass is 602 g/mol. The van der Waals surface area contributed by atoms with E-state index in [1.807, 2.05) is 26.8 Å². The topological polar surface area (TPSA) is 169 Å². The first-order valence-corrected chi connectivity index (χ1v) is 15.5. The van der Waals surface area contributed by atoms with Gasteiger partial charge in [-0.25, -0.2) is 4.79 Å². The van der Waals surface area contributed by atoms with Crippen LogP contribution in [0, 0.1) is 57.7 Å². The first kappa shape index (κ1) is 29.4. The number of aliphatic hydroxyl groups is 3. The zero-order chi connectivity index (χ0) is 31.3. The lowest BCUT2D eigenvalue weighted by Crippen LogP contribution is -2.70. The number of esters is 3. The minimum absolute atomic E-state index is 0.249. The number of ketones is 1. The Kier molecular flexibility index (Phi) is 5.93. The molecule has 6 fully saturated rings. The molecule has 11 nitrogen and oxygen atoms in total. The normalized spacial score (nSPS) is 57.5. The third kappa shape index (κ3) is 3.29. The van der Waals surface area contributed by atoms with Crippen molar-refractivity contribution in [2.45, 2.75) is 104 Å². The molecule has 3 N–H and O–H groups in total. The Morgan fingerprint density at radius 1 is 0.953 bits per heavy atom. The average molecular weight is 603 g/mol. The first-order chi connectivity index (χ1) is 19.9. The van der Waals surface area contributed by atoms with Gasteiger partial charge in [-0.15, -0.1) is 0 Å². The number of epoxide rings is 1. The maximum absolute atomic E-state index is 14.1. The van der Waals surface area contributed by atoms with Gasteiger partial charge in [-0.05, 0) is 50.5 Å². The molecule has 6 unspecified atom stereocenters. The summed E-state index contributed by atoms with van der Waals surface area (Å²) in [5, 5.41) is 36.0. The molecular weight excluding hydrogens is 560 g/mol. The number of Topliss-reactive ketones (excluding diaryl/α,β-unsaturated/α-hetero) is 1. The third-order valence-corrected chi connectivity index (χ3v) is 13.5. The van der Waals surface area contributed by atoms with Crippen molar-refractivity contribution in [1.29, 1.82) is 0 Å². The second-order valence-corrected chi connectivity index (χ2v) is 15.2. The molecule has 0 amide bonds.